The van der Waals surface area contributed by atoms with Crippen molar-refractivity contribution in [3.05, 3.63) is 11.8 Å². The first-order chi connectivity index (χ1) is 8.66. The summed E-state index contributed by atoms with van der Waals surface area (Å²) in [6, 6.07) is 0. The van der Waals surface area contributed by atoms with Gasteiger partial charge in [0.2, 0.25) is 5.91 Å². The number of nitrogens with one attached hydrogen (secondary N) is 2. The molecule has 1 unspecified atom stereocenters. The molecule has 0 aromatic carbocycles. The van der Waals surface area contributed by atoms with E-state index < -0.39 is 0 Å². The smallest absolute Gasteiger partial charge is 0.225 e. The Morgan fingerprint density at radius 2 is 2.56 bits per heavy atom. The van der Waals surface area contributed by atoms with Crippen molar-refractivity contribution in [3.8, 4) is 0 Å². The lowest BCUT2D eigenvalue weighted by Gasteiger charge is -2.09. The van der Waals surface area contributed by atoms with Gasteiger partial charge in [-0.2, -0.15) is 5.10 Å². The lowest BCUT2D eigenvalue weighted by atomic mass is 10.1. The van der Waals surface area contributed by atoms with E-state index in [9.17, 15) is 4.79 Å². The number of aromatic amines is 1. The van der Waals surface area contributed by atoms with Crippen LogP contribution in [0.25, 0.3) is 0 Å². The molecule has 0 radical (unpaired) electrons. The van der Waals surface area contributed by atoms with E-state index in [1.165, 1.54) is 6.20 Å². The second-order valence-corrected chi connectivity index (χ2v) is 4.68. The molecule has 1 atom stereocenters. The largest absolute Gasteiger partial charge is 0.389 e. The molecule has 1 saturated heterocycles. The van der Waals surface area contributed by atoms with Gasteiger partial charge in [0.05, 0.1) is 17.9 Å². The Morgan fingerprint density at radius 1 is 1.72 bits per heavy atom. The van der Waals surface area contributed by atoms with Gasteiger partial charge in [-0.1, -0.05) is 12.2 Å². The van der Waals surface area contributed by atoms with Crippen LogP contribution in [-0.2, 0) is 9.53 Å². The van der Waals surface area contributed by atoms with Gasteiger partial charge in [0.25, 0.3) is 0 Å². The number of anilines is 1. The number of ether oxygens (including phenoxy) is 1. The van der Waals surface area contributed by atoms with E-state index in [-0.39, 0.29) is 17.0 Å². The van der Waals surface area contributed by atoms with Crippen molar-refractivity contribution < 1.29 is 9.53 Å². The molecule has 7 heteroatoms. The van der Waals surface area contributed by atoms with Crippen LogP contribution >= 0.6 is 12.2 Å². The fraction of sp³-hybridized carbons (Fsp3) is 0.545. The second kappa shape index (κ2) is 5.92. The first-order valence-corrected chi connectivity index (χ1v) is 6.32. The highest BCUT2D eigenvalue weighted by Crippen LogP contribution is 2.17. The summed E-state index contributed by atoms with van der Waals surface area (Å²) in [7, 11) is 0. The summed E-state index contributed by atoms with van der Waals surface area (Å²) < 4.78 is 5.46. The van der Waals surface area contributed by atoms with Crippen LogP contribution in [-0.4, -0.2) is 33.8 Å². The first-order valence-electron chi connectivity index (χ1n) is 5.91. The number of amides is 1. The number of rotatable bonds is 5. The monoisotopic (exact) mass is 268 g/mol. The van der Waals surface area contributed by atoms with Gasteiger partial charge in [-0.15, -0.1) is 0 Å². The van der Waals surface area contributed by atoms with E-state index in [1.54, 1.807) is 0 Å². The summed E-state index contributed by atoms with van der Waals surface area (Å²) in [6.07, 6.45) is 4.99. The average molecular weight is 268 g/mol. The summed E-state index contributed by atoms with van der Waals surface area (Å²) in [6.45, 7) is 0.804. The Labute approximate surface area is 110 Å². The molecule has 2 heterocycles. The molecule has 4 N–H and O–H groups in total. The van der Waals surface area contributed by atoms with E-state index >= 15 is 0 Å². The number of carbonyl (C=O) groups excluding carboxylic acids is 1. The van der Waals surface area contributed by atoms with Gasteiger partial charge in [0, 0.05) is 13.0 Å². The number of nitrogens with two attached hydrogens (primary N) is 1. The molecule has 1 aliphatic rings. The molecule has 0 aliphatic carbocycles. The third-order valence-electron chi connectivity index (χ3n) is 2.89. The highest BCUT2D eigenvalue weighted by atomic mass is 32.1. The molecule has 6 nitrogen and oxygen atoms in total. The molecule has 0 saturated carbocycles. The third-order valence-corrected chi connectivity index (χ3v) is 3.11. The average Bonchev–Trinajstić information content (AvgIpc) is 2.96. The molecule has 1 aromatic heterocycles. The minimum Gasteiger partial charge on any atom is -0.389 e. The summed E-state index contributed by atoms with van der Waals surface area (Å²) in [4.78, 5) is 12.0. The molecule has 18 heavy (non-hydrogen) atoms. The van der Waals surface area contributed by atoms with Crippen molar-refractivity contribution in [2.45, 2.75) is 31.8 Å². The van der Waals surface area contributed by atoms with Crippen LogP contribution in [0, 0.1) is 0 Å². The maximum absolute atomic E-state index is 11.7. The Morgan fingerprint density at radius 3 is 3.22 bits per heavy atom. The molecule has 1 amide bonds. The third kappa shape index (κ3) is 3.27. The predicted molar refractivity (Wildman–Crippen MR) is 71.3 cm³/mol. The molecular weight excluding hydrogens is 252 g/mol. The minimum absolute atomic E-state index is 0.0905. The van der Waals surface area contributed by atoms with E-state index in [0.29, 0.717) is 17.8 Å². The van der Waals surface area contributed by atoms with Crippen LogP contribution in [0.1, 0.15) is 31.2 Å². The van der Waals surface area contributed by atoms with E-state index in [2.05, 4.69) is 15.5 Å². The summed E-state index contributed by atoms with van der Waals surface area (Å²) >= 11 is 4.85. The lowest BCUT2D eigenvalue weighted by molar-refractivity contribution is -0.116. The first kappa shape index (κ1) is 13.0. The van der Waals surface area contributed by atoms with Crippen LogP contribution in [0.15, 0.2) is 6.20 Å². The molecule has 1 aromatic rings. The number of aromatic nitrogens is 2. The maximum atomic E-state index is 11.7. The Balaban J connectivity index is 1.82. The van der Waals surface area contributed by atoms with Crippen LogP contribution in [0.5, 0.6) is 0 Å². The van der Waals surface area contributed by atoms with Crippen molar-refractivity contribution in [1.82, 2.24) is 10.2 Å². The molecule has 1 aliphatic heterocycles. The molecule has 1 fully saturated rings. The van der Waals surface area contributed by atoms with Gasteiger partial charge < -0.3 is 15.8 Å². The fourth-order valence-electron chi connectivity index (χ4n) is 1.93. The van der Waals surface area contributed by atoms with E-state index in [4.69, 9.17) is 22.7 Å². The second-order valence-electron chi connectivity index (χ2n) is 4.24. The number of hydrogen-bond acceptors (Lipinski definition) is 4. The molecule has 98 valence electrons. The van der Waals surface area contributed by atoms with Gasteiger partial charge >= 0.3 is 0 Å². The fourth-order valence-corrected chi connectivity index (χ4v) is 2.09. The van der Waals surface area contributed by atoms with Crippen LogP contribution < -0.4 is 11.1 Å². The normalized spacial score (nSPS) is 18.8. The quantitative estimate of drug-likeness (QED) is 0.691. The molecule has 2 rings (SSSR count). The Kier molecular flexibility index (Phi) is 4.27. The zero-order valence-corrected chi connectivity index (χ0v) is 10.8. The van der Waals surface area contributed by atoms with Gasteiger partial charge in [0.15, 0.2) is 0 Å². The molecule has 0 bridgehead atoms. The number of thiocarbonyl (C=S) groups is 1. The number of hydrogen-bond donors (Lipinski definition) is 3. The van der Waals surface area contributed by atoms with Crippen molar-refractivity contribution >= 4 is 28.9 Å². The Hall–Kier alpha value is -1.47. The molecular formula is C11H16N4O2S. The number of nitrogens with zero attached hydrogens (tertiary/aromatic N) is 1. The highest BCUT2D eigenvalue weighted by Gasteiger charge is 2.17. The highest BCUT2D eigenvalue weighted by molar-refractivity contribution is 7.80. The van der Waals surface area contributed by atoms with E-state index in [1.807, 2.05) is 0 Å². The standard InChI is InChI=1S/C11H16N4O2S/c12-10(18)8-6-13-15-11(8)14-9(16)4-3-7-2-1-5-17-7/h6-7H,1-5H2,(H2,12,18)(H2,13,14,15,16). The summed E-state index contributed by atoms with van der Waals surface area (Å²) in [5, 5.41) is 9.18. The van der Waals surface area contributed by atoms with Crippen molar-refractivity contribution in [2.24, 2.45) is 5.73 Å². The number of H-pyrrole nitrogens is 1. The van der Waals surface area contributed by atoms with Crippen molar-refractivity contribution in [1.29, 1.82) is 0 Å². The van der Waals surface area contributed by atoms with Gasteiger partial charge in [-0.25, -0.2) is 0 Å². The maximum Gasteiger partial charge on any atom is 0.225 e. The minimum atomic E-state index is -0.0905. The molecule has 0 spiro atoms. The van der Waals surface area contributed by atoms with Crippen LogP contribution in [0.2, 0.25) is 0 Å². The van der Waals surface area contributed by atoms with Crippen LogP contribution in [0.3, 0.4) is 0 Å². The van der Waals surface area contributed by atoms with Crippen LogP contribution in [0.4, 0.5) is 5.82 Å². The van der Waals surface area contributed by atoms with Gasteiger partial charge in [-0.3, -0.25) is 9.89 Å². The number of carbonyl (C=O) groups is 1. The van der Waals surface area contributed by atoms with Crippen molar-refractivity contribution in [2.75, 3.05) is 11.9 Å². The summed E-state index contributed by atoms with van der Waals surface area (Å²) in [5.41, 5.74) is 6.06. The predicted octanol–water partition coefficient (Wildman–Crippen LogP) is 0.942. The van der Waals surface area contributed by atoms with E-state index in [0.717, 1.165) is 25.9 Å². The zero-order chi connectivity index (χ0) is 13.0. The topological polar surface area (TPSA) is 93.0 Å². The Bertz CT molecular complexity index is 440. The lowest BCUT2D eigenvalue weighted by Crippen LogP contribution is -2.18. The van der Waals surface area contributed by atoms with Gasteiger partial charge in [0.1, 0.15) is 10.8 Å². The zero-order valence-electron chi connectivity index (χ0n) is 9.94. The van der Waals surface area contributed by atoms with Gasteiger partial charge in [-0.05, 0) is 19.3 Å². The SMILES string of the molecule is NC(=S)c1cn[nH]c1NC(=O)CCC1CCCO1. The van der Waals surface area contributed by atoms with Crippen molar-refractivity contribution in [3.63, 3.8) is 0 Å². The summed E-state index contributed by atoms with van der Waals surface area (Å²) in [5.74, 6) is 0.368.